The van der Waals surface area contributed by atoms with Crippen LogP contribution in [0.5, 0.6) is 0 Å². The number of H-pyrrole nitrogens is 1. The number of benzene rings is 1. The molecule has 144 valence electrons. The van der Waals surface area contributed by atoms with Crippen LogP contribution in [-0.4, -0.2) is 38.2 Å². The van der Waals surface area contributed by atoms with E-state index in [1.165, 1.54) is 47.2 Å². The molecule has 1 aromatic carbocycles. The molecular formula is C23H27N5. The van der Waals surface area contributed by atoms with Crippen molar-refractivity contribution in [2.24, 2.45) is 0 Å². The molecule has 2 aromatic heterocycles. The van der Waals surface area contributed by atoms with E-state index in [4.69, 9.17) is 4.98 Å². The quantitative estimate of drug-likeness (QED) is 0.755. The van der Waals surface area contributed by atoms with Gasteiger partial charge in [0.05, 0.1) is 17.6 Å². The summed E-state index contributed by atoms with van der Waals surface area (Å²) in [6.45, 7) is 7.28. The lowest BCUT2D eigenvalue weighted by Crippen LogP contribution is -2.45. The monoisotopic (exact) mass is 373 g/mol. The van der Waals surface area contributed by atoms with Crippen molar-refractivity contribution in [2.45, 2.75) is 51.5 Å². The van der Waals surface area contributed by atoms with Gasteiger partial charge in [-0.15, -0.1) is 0 Å². The maximum absolute atomic E-state index is 4.88. The molecule has 5 rings (SSSR count). The van der Waals surface area contributed by atoms with Crippen molar-refractivity contribution < 1.29 is 0 Å². The molecule has 1 fully saturated rings. The number of aryl methyl sites for hydroxylation is 3. The van der Waals surface area contributed by atoms with E-state index in [0.717, 1.165) is 37.6 Å². The lowest BCUT2D eigenvalue weighted by Gasteiger charge is -2.40. The molecular weight excluding hydrogens is 346 g/mol. The van der Waals surface area contributed by atoms with Gasteiger partial charge in [-0.1, -0.05) is 29.8 Å². The highest BCUT2D eigenvalue weighted by Crippen LogP contribution is 2.44. The predicted octanol–water partition coefficient (Wildman–Crippen LogP) is 3.96. The van der Waals surface area contributed by atoms with Crippen molar-refractivity contribution in [1.29, 1.82) is 0 Å². The number of rotatable bonds is 3. The highest BCUT2D eigenvalue weighted by molar-refractivity contribution is 5.62. The van der Waals surface area contributed by atoms with E-state index in [2.05, 4.69) is 57.5 Å². The molecule has 3 heterocycles. The maximum atomic E-state index is 4.88. The molecule has 1 atom stereocenters. The molecule has 3 aromatic rings. The molecule has 1 unspecified atom stereocenters. The Morgan fingerprint density at radius 1 is 1.11 bits per heavy atom. The first-order chi connectivity index (χ1) is 13.6. The molecule has 5 nitrogen and oxygen atoms in total. The Kier molecular flexibility index (Phi) is 4.27. The molecule has 1 aliphatic carbocycles. The average Bonchev–Trinajstić information content (AvgIpc) is 3.28. The van der Waals surface area contributed by atoms with Crippen LogP contribution in [0.3, 0.4) is 0 Å². The van der Waals surface area contributed by atoms with Crippen molar-refractivity contribution in [3.8, 4) is 11.3 Å². The van der Waals surface area contributed by atoms with E-state index >= 15 is 0 Å². The van der Waals surface area contributed by atoms with E-state index in [1.807, 2.05) is 13.1 Å². The lowest BCUT2D eigenvalue weighted by atomic mass is 9.77. The first-order valence-electron chi connectivity index (χ1n) is 10.3. The highest BCUT2D eigenvalue weighted by atomic mass is 15.2. The van der Waals surface area contributed by atoms with Crippen LogP contribution in [0.4, 0.5) is 0 Å². The zero-order chi connectivity index (χ0) is 19.1. The normalized spacial score (nSPS) is 21.9. The van der Waals surface area contributed by atoms with Crippen LogP contribution in [0.1, 0.15) is 47.5 Å². The van der Waals surface area contributed by atoms with Crippen LogP contribution in [0.25, 0.3) is 11.3 Å². The maximum Gasteiger partial charge on any atom is 0.125 e. The predicted molar refractivity (Wildman–Crippen MR) is 110 cm³/mol. The number of aromatic amines is 1. The van der Waals surface area contributed by atoms with Gasteiger partial charge in [0, 0.05) is 30.3 Å². The number of nitrogens with one attached hydrogen (secondary N) is 1. The molecule has 2 aliphatic rings. The first kappa shape index (κ1) is 17.6. The first-order valence-corrected chi connectivity index (χ1v) is 10.3. The smallest absolute Gasteiger partial charge is 0.125 e. The molecule has 0 saturated carbocycles. The van der Waals surface area contributed by atoms with Crippen molar-refractivity contribution in [1.82, 2.24) is 25.1 Å². The number of nitrogens with zero attached hydrogens (tertiary/aromatic N) is 4. The third-order valence-corrected chi connectivity index (χ3v) is 6.47. The molecule has 1 aliphatic heterocycles. The van der Waals surface area contributed by atoms with Crippen LogP contribution in [0.15, 0.2) is 36.7 Å². The summed E-state index contributed by atoms with van der Waals surface area (Å²) >= 11 is 0. The van der Waals surface area contributed by atoms with Gasteiger partial charge in [0.25, 0.3) is 0 Å². The number of aromatic nitrogens is 4. The fraction of sp³-hybridized carbons (Fsp3) is 0.435. The Bertz CT molecular complexity index is 986. The van der Waals surface area contributed by atoms with Crippen LogP contribution in [-0.2, 0) is 18.4 Å². The minimum atomic E-state index is 0.203. The standard InChI is InChI=1S/C23H27N5/c1-16-4-6-18(7-5-16)21-20(13-25-27-21)14-28-11-3-9-23(15-28)10-8-19-12-24-17(2)26-22(19)23/h4-7,12-13H,3,8-11,14-15H2,1-2H3,(H,25,27). The minimum absolute atomic E-state index is 0.203. The zero-order valence-electron chi connectivity index (χ0n) is 16.7. The van der Waals surface area contributed by atoms with Gasteiger partial charge in [-0.3, -0.25) is 10.00 Å². The van der Waals surface area contributed by atoms with E-state index in [-0.39, 0.29) is 5.41 Å². The van der Waals surface area contributed by atoms with E-state index < -0.39 is 0 Å². The van der Waals surface area contributed by atoms with Gasteiger partial charge in [-0.25, -0.2) is 9.97 Å². The summed E-state index contributed by atoms with van der Waals surface area (Å²) in [6, 6.07) is 8.68. The molecule has 0 radical (unpaired) electrons. The van der Waals surface area contributed by atoms with Crippen molar-refractivity contribution >= 4 is 0 Å². The van der Waals surface area contributed by atoms with E-state index in [1.54, 1.807) is 0 Å². The van der Waals surface area contributed by atoms with Gasteiger partial charge in [0.1, 0.15) is 5.82 Å². The zero-order valence-corrected chi connectivity index (χ0v) is 16.7. The van der Waals surface area contributed by atoms with Gasteiger partial charge in [-0.05, 0) is 57.2 Å². The minimum Gasteiger partial charge on any atom is -0.298 e. The number of piperidine rings is 1. The van der Waals surface area contributed by atoms with Crippen molar-refractivity contribution in [3.63, 3.8) is 0 Å². The van der Waals surface area contributed by atoms with E-state index in [9.17, 15) is 0 Å². The second kappa shape index (κ2) is 6.82. The van der Waals surface area contributed by atoms with Crippen LogP contribution < -0.4 is 0 Å². The number of hydrogen-bond donors (Lipinski definition) is 1. The third-order valence-electron chi connectivity index (χ3n) is 6.47. The highest BCUT2D eigenvalue weighted by Gasteiger charge is 2.43. The topological polar surface area (TPSA) is 57.7 Å². The third kappa shape index (κ3) is 3.04. The van der Waals surface area contributed by atoms with Crippen LogP contribution in [0, 0.1) is 13.8 Å². The van der Waals surface area contributed by atoms with Crippen LogP contribution in [0.2, 0.25) is 0 Å². The van der Waals surface area contributed by atoms with Gasteiger partial charge in [0.2, 0.25) is 0 Å². The van der Waals surface area contributed by atoms with Crippen molar-refractivity contribution in [3.05, 3.63) is 64.9 Å². The number of fused-ring (bicyclic) bond motifs is 2. The molecule has 28 heavy (non-hydrogen) atoms. The fourth-order valence-corrected chi connectivity index (χ4v) is 5.03. The Hall–Kier alpha value is -2.53. The van der Waals surface area contributed by atoms with Gasteiger partial charge in [-0.2, -0.15) is 5.10 Å². The summed E-state index contributed by atoms with van der Waals surface area (Å²) in [5.41, 5.74) is 7.78. The summed E-state index contributed by atoms with van der Waals surface area (Å²) < 4.78 is 0. The van der Waals surface area contributed by atoms with Gasteiger partial charge in [0.15, 0.2) is 0 Å². The Morgan fingerprint density at radius 2 is 1.96 bits per heavy atom. The SMILES string of the molecule is Cc1ccc(-c2[nH]ncc2CN2CCCC3(CCc4cnc(C)nc43)C2)cc1. The molecule has 0 bridgehead atoms. The summed E-state index contributed by atoms with van der Waals surface area (Å²) in [5.74, 6) is 0.897. The summed E-state index contributed by atoms with van der Waals surface area (Å²) in [5, 5.41) is 7.57. The molecule has 0 amide bonds. The number of hydrogen-bond acceptors (Lipinski definition) is 4. The number of likely N-dealkylation sites (tertiary alicyclic amines) is 1. The largest absolute Gasteiger partial charge is 0.298 e. The molecule has 1 N–H and O–H groups in total. The van der Waals surface area contributed by atoms with E-state index in [0.29, 0.717) is 0 Å². The Labute approximate surface area is 166 Å². The second-order valence-electron chi connectivity index (χ2n) is 8.52. The van der Waals surface area contributed by atoms with Crippen LogP contribution >= 0.6 is 0 Å². The summed E-state index contributed by atoms with van der Waals surface area (Å²) in [6.07, 6.45) is 8.82. The van der Waals surface area contributed by atoms with Gasteiger partial charge < -0.3 is 0 Å². The fourth-order valence-electron chi connectivity index (χ4n) is 5.03. The second-order valence-corrected chi connectivity index (χ2v) is 8.52. The van der Waals surface area contributed by atoms with Gasteiger partial charge >= 0.3 is 0 Å². The Morgan fingerprint density at radius 3 is 2.82 bits per heavy atom. The molecule has 1 spiro atoms. The summed E-state index contributed by atoms with van der Waals surface area (Å²) in [7, 11) is 0. The Balaban J connectivity index is 1.39. The molecule has 5 heteroatoms. The summed E-state index contributed by atoms with van der Waals surface area (Å²) in [4.78, 5) is 11.9. The van der Waals surface area contributed by atoms with Crippen molar-refractivity contribution in [2.75, 3.05) is 13.1 Å². The molecule has 1 saturated heterocycles. The average molecular weight is 374 g/mol. The lowest BCUT2D eigenvalue weighted by molar-refractivity contribution is 0.137.